The Balaban J connectivity index is 1.81. The Morgan fingerprint density at radius 3 is 2.62 bits per heavy atom. The second-order valence-electron chi connectivity index (χ2n) is 6.60. The molecule has 1 aliphatic rings. The zero-order valence-corrected chi connectivity index (χ0v) is 15.1. The Hall–Kier alpha value is -2.87. The summed E-state index contributed by atoms with van der Waals surface area (Å²) in [5.74, 6) is 1.38. The standard InChI is InChI=1S/C18H21N5O3/c1-11-8-13(12(2)26-11)15-10-23-9-14(20-16(23)18(25)21(15)3)17(24)22-6-4-19-5-7-22/h8-10,19H,4-7H2,1-3H3. The summed E-state index contributed by atoms with van der Waals surface area (Å²) >= 11 is 0. The first-order valence-electron chi connectivity index (χ1n) is 8.62. The van der Waals surface area contributed by atoms with Crippen molar-refractivity contribution in [2.45, 2.75) is 13.8 Å². The molecule has 1 aliphatic heterocycles. The zero-order chi connectivity index (χ0) is 18.4. The van der Waals surface area contributed by atoms with E-state index in [1.807, 2.05) is 26.1 Å². The number of carbonyl (C=O) groups is 1. The number of rotatable bonds is 2. The van der Waals surface area contributed by atoms with E-state index in [-0.39, 0.29) is 17.1 Å². The number of imidazole rings is 1. The second-order valence-corrected chi connectivity index (χ2v) is 6.60. The predicted molar refractivity (Wildman–Crippen MR) is 96.4 cm³/mol. The molecule has 4 rings (SSSR count). The molecule has 1 amide bonds. The van der Waals surface area contributed by atoms with Gasteiger partial charge < -0.3 is 19.2 Å². The Morgan fingerprint density at radius 2 is 1.96 bits per heavy atom. The minimum atomic E-state index is -0.250. The molecule has 1 N–H and O–H groups in total. The van der Waals surface area contributed by atoms with Crippen LogP contribution in [0.25, 0.3) is 16.9 Å². The van der Waals surface area contributed by atoms with Gasteiger partial charge in [0.25, 0.3) is 11.5 Å². The zero-order valence-electron chi connectivity index (χ0n) is 15.1. The van der Waals surface area contributed by atoms with E-state index < -0.39 is 0 Å². The molecule has 0 spiro atoms. The molecule has 0 unspecified atom stereocenters. The average molecular weight is 355 g/mol. The molecule has 4 heterocycles. The van der Waals surface area contributed by atoms with Crippen molar-refractivity contribution in [3.8, 4) is 11.3 Å². The summed E-state index contributed by atoms with van der Waals surface area (Å²) in [7, 11) is 1.70. The Bertz CT molecular complexity index is 1050. The lowest BCUT2D eigenvalue weighted by Gasteiger charge is -2.26. The largest absolute Gasteiger partial charge is 0.466 e. The number of aryl methyl sites for hydroxylation is 2. The van der Waals surface area contributed by atoms with Gasteiger partial charge in [0.05, 0.1) is 5.69 Å². The van der Waals surface area contributed by atoms with Crippen molar-refractivity contribution in [1.29, 1.82) is 0 Å². The predicted octanol–water partition coefficient (Wildman–Crippen LogP) is 0.955. The Kier molecular flexibility index (Phi) is 3.91. The van der Waals surface area contributed by atoms with Gasteiger partial charge in [-0.1, -0.05) is 0 Å². The van der Waals surface area contributed by atoms with Crippen LogP contribution < -0.4 is 10.9 Å². The van der Waals surface area contributed by atoms with Crippen LogP contribution in [0.4, 0.5) is 0 Å². The topological polar surface area (TPSA) is 84.8 Å². The number of piperazine rings is 1. The lowest BCUT2D eigenvalue weighted by atomic mass is 10.2. The van der Waals surface area contributed by atoms with E-state index in [4.69, 9.17) is 4.42 Å². The number of amides is 1. The highest BCUT2D eigenvalue weighted by Gasteiger charge is 2.22. The van der Waals surface area contributed by atoms with Gasteiger partial charge >= 0.3 is 0 Å². The van der Waals surface area contributed by atoms with Crippen LogP contribution in [-0.2, 0) is 7.05 Å². The van der Waals surface area contributed by atoms with Crippen LogP contribution in [0.15, 0.2) is 27.7 Å². The van der Waals surface area contributed by atoms with E-state index in [2.05, 4.69) is 10.3 Å². The third kappa shape index (κ3) is 2.62. The van der Waals surface area contributed by atoms with Crippen LogP contribution in [0.1, 0.15) is 22.0 Å². The summed E-state index contributed by atoms with van der Waals surface area (Å²) in [6.45, 7) is 6.56. The average Bonchev–Trinajstić information content (AvgIpc) is 3.21. The second kappa shape index (κ2) is 6.14. The van der Waals surface area contributed by atoms with Gasteiger partial charge in [-0.15, -0.1) is 0 Å². The minimum Gasteiger partial charge on any atom is -0.466 e. The number of furan rings is 1. The summed E-state index contributed by atoms with van der Waals surface area (Å²) in [5.41, 5.74) is 1.86. The van der Waals surface area contributed by atoms with Crippen LogP contribution in [0.2, 0.25) is 0 Å². The number of fused-ring (bicyclic) bond motifs is 1. The SMILES string of the molecule is Cc1cc(-c2cn3cc(C(=O)N4CCNCC4)nc3c(=O)n2C)c(C)o1. The molecule has 26 heavy (non-hydrogen) atoms. The summed E-state index contributed by atoms with van der Waals surface area (Å²) in [6, 6.07) is 1.90. The van der Waals surface area contributed by atoms with Crippen LogP contribution in [0, 0.1) is 13.8 Å². The van der Waals surface area contributed by atoms with Crippen molar-refractivity contribution in [1.82, 2.24) is 24.2 Å². The fourth-order valence-electron chi connectivity index (χ4n) is 3.40. The maximum atomic E-state index is 12.8. The van der Waals surface area contributed by atoms with E-state index in [1.165, 1.54) is 0 Å². The van der Waals surface area contributed by atoms with Gasteiger partial charge in [0.2, 0.25) is 5.65 Å². The molecule has 8 nitrogen and oxygen atoms in total. The molecule has 8 heteroatoms. The first-order chi connectivity index (χ1) is 12.5. The van der Waals surface area contributed by atoms with Gasteiger partial charge in [-0.2, -0.15) is 0 Å². The van der Waals surface area contributed by atoms with Gasteiger partial charge in [0.15, 0.2) is 0 Å². The Morgan fingerprint density at radius 1 is 1.23 bits per heavy atom. The number of hydrogen-bond donors (Lipinski definition) is 1. The summed E-state index contributed by atoms with van der Waals surface area (Å²) in [5, 5.41) is 3.22. The van der Waals surface area contributed by atoms with Crippen molar-refractivity contribution < 1.29 is 9.21 Å². The van der Waals surface area contributed by atoms with Crippen molar-refractivity contribution in [2.24, 2.45) is 7.05 Å². The maximum absolute atomic E-state index is 12.8. The van der Waals surface area contributed by atoms with E-state index in [0.717, 1.165) is 35.9 Å². The number of aromatic nitrogens is 3. The molecule has 3 aromatic heterocycles. The van der Waals surface area contributed by atoms with Gasteiger partial charge in [0.1, 0.15) is 17.2 Å². The summed E-state index contributed by atoms with van der Waals surface area (Å²) in [4.78, 5) is 31.5. The molecule has 0 bridgehead atoms. The fourth-order valence-corrected chi connectivity index (χ4v) is 3.40. The third-order valence-corrected chi connectivity index (χ3v) is 4.79. The van der Waals surface area contributed by atoms with Crippen molar-refractivity contribution >= 4 is 11.6 Å². The van der Waals surface area contributed by atoms with E-state index in [9.17, 15) is 9.59 Å². The van der Waals surface area contributed by atoms with Crippen molar-refractivity contribution in [3.63, 3.8) is 0 Å². The highest BCUT2D eigenvalue weighted by molar-refractivity contribution is 5.93. The van der Waals surface area contributed by atoms with Crippen LogP contribution in [-0.4, -0.2) is 50.9 Å². The molecule has 0 saturated carbocycles. The van der Waals surface area contributed by atoms with E-state index >= 15 is 0 Å². The smallest absolute Gasteiger partial charge is 0.294 e. The first-order valence-corrected chi connectivity index (χ1v) is 8.62. The highest BCUT2D eigenvalue weighted by atomic mass is 16.3. The van der Waals surface area contributed by atoms with Crippen molar-refractivity contribution in [2.75, 3.05) is 26.2 Å². The minimum absolute atomic E-state index is 0.144. The highest BCUT2D eigenvalue weighted by Crippen LogP contribution is 2.25. The summed E-state index contributed by atoms with van der Waals surface area (Å²) in [6.07, 6.45) is 3.45. The molecule has 3 aromatic rings. The number of hydrogen-bond acceptors (Lipinski definition) is 5. The monoisotopic (exact) mass is 355 g/mol. The molecule has 136 valence electrons. The Labute approximate surface area is 150 Å². The first kappa shape index (κ1) is 16.6. The lowest BCUT2D eigenvalue weighted by molar-refractivity contribution is 0.0730. The van der Waals surface area contributed by atoms with Crippen LogP contribution in [0.3, 0.4) is 0 Å². The number of nitrogens with zero attached hydrogens (tertiary/aromatic N) is 4. The number of carbonyl (C=O) groups excluding carboxylic acids is 1. The molecule has 0 atom stereocenters. The third-order valence-electron chi connectivity index (χ3n) is 4.79. The van der Waals surface area contributed by atoms with Gasteiger partial charge in [-0.05, 0) is 19.9 Å². The molecular formula is C18H21N5O3. The van der Waals surface area contributed by atoms with Crippen LogP contribution in [0.5, 0.6) is 0 Å². The molecule has 0 radical (unpaired) electrons. The van der Waals surface area contributed by atoms with Crippen molar-refractivity contribution in [3.05, 3.63) is 46.0 Å². The molecule has 0 aromatic carbocycles. The molecular weight excluding hydrogens is 334 g/mol. The maximum Gasteiger partial charge on any atom is 0.294 e. The normalized spacial score (nSPS) is 15.0. The van der Waals surface area contributed by atoms with Crippen LogP contribution >= 0.6 is 0 Å². The van der Waals surface area contributed by atoms with Gasteiger partial charge in [0, 0.05) is 51.2 Å². The number of nitrogens with one attached hydrogen (secondary N) is 1. The summed E-state index contributed by atoms with van der Waals surface area (Å²) < 4.78 is 8.77. The molecule has 0 aliphatic carbocycles. The molecule has 1 fully saturated rings. The van der Waals surface area contributed by atoms with E-state index in [1.54, 1.807) is 27.1 Å². The van der Waals surface area contributed by atoms with Gasteiger partial charge in [-0.3, -0.25) is 14.0 Å². The quantitative estimate of drug-likeness (QED) is 0.740. The van der Waals surface area contributed by atoms with Gasteiger partial charge in [-0.25, -0.2) is 4.98 Å². The molecule has 1 saturated heterocycles. The van der Waals surface area contributed by atoms with E-state index in [0.29, 0.717) is 18.8 Å². The fraction of sp³-hybridized carbons (Fsp3) is 0.389. The lowest BCUT2D eigenvalue weighted by Crippen LogP contribution is -2.46.